The van der Waals surface area contributed by atoms with Crippen LogP contribution in [-0.4, -0.2) is 28.7 Å². The van der Waals surface area contributed by atoms with Crippen molar-refractivity contribution in [3.05, 3.63) is 0 Å². The molecular formula is C8H15N3OS. The number of nitrogens with zero attached hydrogens (tertiary/aromatic N) is 2. The van der Waals surface area contributed by atoms with Gasteiger partial charge in [0.25, 0.3) is 0 Å². The van der Waals surface area contributed by atoms with Crippen molar-refractivity contribution in [3.63, 3.8) is 0 Å². The quantitative estimate of drug-likeness (QED) is 0.308. The molecule has 4 nitrogen and oxygen atoms in total. The molecule has 0 saturated heterocycles. The summed E-state index contributed by atoms with van der Waals surface area (Å²) >= 11 is 1.38. The summed E-state index contributed by atoms with van der Waals surface area (Å²) in [6, 6.07) is 0. The van der Waals surface area contributed by atoms with Crippen LogP contribution >= 0.6 is 11.8 Å². The second-order valence-electron chi connectivity index (χ2n) is 3.14. The highest BCUT2D eigenvalue weighted by Crippen LogP contribution is 2.15. The van der Waals surface area contributed by atoms with Crippen LogP contribution in [0.5, 0.6) is 0 Å². The van der Waals surface area contributed by atoms with Gasteiger partial charge in [0.2, 0.25) is 0 Å². The molecule has 0 saturated carbocycles. The first kappa shape index (κ1) is 12.3. The molecule has 0 aliphatic heterocycles. The van der Waals surface area contributed by atoms with E-state index >= 15 is 0 Å². The van der Waals surface area contributed by atoms with E-state index in [0.717, 1.165) is 0 Å². The Labute approximate surface area is 83.0 Å². The van der Waals surface area contributed by atoms with Crippen LogP contribution < -0.4 is 5.32 Å². The van der Waals surface area contributed by atoms with Crippen LogP contribution in [0.3, 0.4) is 0 Å². The smallest absolute Gasteiger partial charge is 0.183 e. The van der Waals surface area contributed by atoms with Gasteiger partial charge in [0.1, 0.15) is 0 Å². The second-order valence-corrected chi connectivity index (χ2v) is 3.94. The van der Waals surface area contributed by atoms with Gasteiger partial charge in [-0.05, 0) is 26.5 Å². The average Bonchev–Trinajstić information content (AvgIpc) is 2.03. The summed E-state index contributed by atoms with van der Waals surface area (Å²) in [5, 5.41) is 20.2. The van der Waals surface area contributed by atoms with Crippen LogP contribution in [0.25, 0.3) is 0 Å². The standard InChI is InChI=1S/C8H15N3OS/c1-8(2,4-5-12)11-7(13-3)10-6-9/h12H,4-5H2,1-3H3,(H,10,11). The molecule has 0 bridgehead atoms. The van der Waals surface area contributed by atoms with E-state index < -0.39 is 0 Å². The Bertz CT molecular complexity index is 220. The zero-order valence-corrected chi connectivity index (χ0v) is 8.98. The Morgan fingerprint density at radius 2 is 2.31 bits per heavy atom. The molecule has 2 N–H and O–H groups in total. The molecule has 0 rings (SSSR count). The summed E-state index contributed by atoms with van der Waals surface area (Å²) < 4.78 is 0. The average molecular weight is 201 g/mol. The van der Waals surface area contributed by atoms with E-state index in [-0.39, 0.29) is 12.1 Å². The van der Waals surface area contributed by atoms with Crippen molar-refractivity contribution in [1.82, 2.24) is 5.32 Å². The molecule has 0 aromatic heterocycles. The van der Waals surface area contributed by atoms with Gasteiger partial charge >= 0.3 is 0 Å². The fourth-order valence-electron chi connectivity index (χ4n) is 0.777. The number of aliphatic hydroxyl groups excluding tert-OH is 1. The molecule has 74 valence electrons. The van der Waals surface area contributed by atoms with Crippen molar-refractivity contribution in [2.45, 2.75) is 25.8 Å². The number of thioether (sulfide) groups is 1. The zero-order chi connectivity index (χ0) is 10.3. The number of aliphatic hydroxyl groups is 1. The van der Waals surface area contributed by atoms with Gasteiger partial charge in [-0.3, -0.25) is 10.3 Å². The van der Waals surface area contributed by atoms with E-state index in [2.05, 4.69) is 10.3 Å². The predicted molar refractivity (Wildman–Crippen MR) is 55.5 cm³/mol. The Hall–Kier alpha value is -0.730. The van der Waals surface area contributed by atoms with Crippen molar-refractivity contribution in [3.8, 4) is 6.19 Å². The molecule has 0 aliphatic rings. The molecular weight excluding hydrogens is 186 g/mol. The van der Waals surface area contributed by atoms with Gasteiger partial charge in [-0.25, -0.2) is 0 Å². The number of amidine groups is 1. The van der Waals surface area contributed by atoms with Crippen molar-refractivity contribution >= 4 is 16.9 Å². The summed E-state index contributed by atoms with van der Waals surface area (Å²) in [7, 11) is 0. The molecule has 0 aromatic carbocycles. The van der Waals surface area contributed by atoms with Gasteiger partial charge in [0, 0.05) is 6.61 Å². The molecule has 0 fully saturated rings. The number of hydrogen-bond acceptors (Lipinski definition) is 4. The minimum absolute atomic E-state index is 0.102. The highest BCUT2D eigenvalue weighted by molar-refractivity contribution is 8.13. The first-order valence-electron chi connectivity index (χ1n) is 3.95. The van der Waals surface area contributed by atoms with E-state index in [1.165, 1.54) is 11.8 Å². The van der Waals surface area contributed by atoms with Crippen molar-refractivity contribution in [2.24, 2.45) is 4.99 Å². The molecule has 0 heterocycles. The number of nitriles is 1. The van der Waals surface area contributed by atoms with E-state index in [0.29, 0.717) is 11.6 Å². The van der Waals surface area contributed by atoms with Crippen molar-refractivity contribution < 1.29 is 5.11 Å². The Balaban J connectivity index is 4.39. The van der Waals surface area contributed by atoms with Crippen LogP contribution in [-0.2, 0) is 0 Å². The van der Waals surface area contributed by atoms with Crippen LogP contribution in [0, 0.1) is 11.5 Å². The molecule has 0 amide bonds. The van der Waals surface area contributed by atoms with E-state index in [1.807, 2.05) is 26.3 Å². The summed E-state index contributed by atoms with van der Waals surface area (Å²) in [6.07, 6.45) is 4.25. The normalized spacial score (nSPS) is 12.4. The third-order valence-corrected chi connectivity index (χ3v) is 2.06. The highest BCUT2D eigenvalue weighted by Gasteiger charge is 2.16. The fraction of sp³-hybridized carbons (Fsp3) is 0.750. The minimum Gasteiger partial charge on any atom is -0.396 e. The maximum absolute atomic E-state index is 8.76. The van der Waals surface area contributed by atoms with Gasteiger partial charge in [-0.1, -0.05) is 11.8 Å². The maximum Gasteiger partial charge on any atom is 0.183 e. The lowest BCUT2D eigenvalue weighted by Gasteiger charge is -2.19. The topological polar surface area (TPSA) is 68.4 Å². The number of nitrogens with one attached hydrogen (secondary N) is 1. The maximum atomic E-state index is 8.76. The summed E-state index contributed by atoms with van der Waals surface area (Å²) in [5.74, 6) is 0. The number of rotatable bonds is 3. The molecule has 13 heavy (non-hydrogen) atoms. The van der Waals surface area contributed by atoms with Gasteiger partial charge in [0.15, 0.2) is 11.4 Å². The highest BCUT2D eigenvalue weighted by atomic mass is 32.2. The lowest BCUT2D eigenvalue weighted by molar-refractivity contribution is 0.254. The second kappa shape index (κ2) is 5.84. The lowest BCUT2D eigenvalue weighted by atomic mass is 10.0. The molecule has 5 heteroatoms. The van der Waals surface area contributed by atoms with Crippen LogP contribution in [0.1, 0.15) is 20.3 Å². The molecule has 0 unspecified atom stereocenters. The summed E-state index contributed by atoms with van der Waals surface area (Å²) in [6.45, 7) is 3.93. The SMILES string of the molecule is CSC(=NC(C)(C)CCO)NC#N. The van der Waals surface area contributed by atoms with Crippen LogP contribution in [0.2, 0.25) is 0 Å². The summed E-state index contributed by atoms with van der Waals surface area (Å²) in [4.78, 5) is 4.29. The molecule has 0 spiro atoms. The van der Waals surface area contributed by atoms with Crippen molar-refractivity contribution in [2.75, 3.05) is 12.9 Å². The lowest BCUT2D eigenvalue weighted by Crippen LogP contribution is -2.24. The third kappa shape index (κ3) is 5.50. The van der Waals surface area contributed by atoms with Crippen LogP contribution in [0.15, 0.2) is 4.99 Å². The Morgan fingerprint density at radius 3 is 2.69 bits per heavy atom. The third-order valence-electron chi connectivity index (χ3n) is 1.48. The minimum atomic E-state index is -0.322. The molecule has 0 aliphatic carbocycles. The zero-order valence-electron chi connectivity index (χ0n) is 8.16. The summed E-state index contributed by atoms with van der Waals surface area (Å²) in [5.41, 5.74) is -0.322. The largest absolute Gasteiger partial charge is 0.396 e. The van der Waals surface area contributed by atoms with Gasteiger partial charge < -0.3 is 5.11 Å². The molecule has 0 radical (unpaired) electrons. The first-order chi connectivity index (χ1) is 6.05. The van der Waals surface area contributed by atoms with Gasteiger partial charge in [-0.2, -0.15) is 5.26 Å². The van der Waals surface area contributed by atoms with Gasteiger partial charge in [0.05, 0.1) is 5.54 Å². The van der Waals surface area contributed by atoms with Crippen molar-refractivity contribution in [1.29, 1.82) is 5.26 Å². The first-order valence-corrected chi connectivity index (χ1v) is 5.18. The molecule has 0 atom stereocenters. The monoisotopic (exact) mass is 201 g/mol. The van der Waals surface area contributed by atoms with E-state index in [1.54, 1.807) is 0 Å². The fourth-order valence-corrected chi connectivity index (χ4v) is 1.26. The van der Waals surface area contributed by atoms with Crippen LogP contribution in [0.4, 0.5) is 0 Å². The van der Waals surface area contributed by atoms with E-state index in [9.17, 15) is 0 Å². The number of aliphatic imine (C=N–C) groups is 1. The molecule has 0 aromatic rings. The Kier molecular flexibility index (Phi) is 5.51. The number of hydrogen-bond donors (Lipinski definition) is 2. The van der Waals surface area contributed by atoms with E-state index in [4.69, 9.17) is 10.4 Å². The Morgan fingerprint density at radius 1 is 1.69 bits per heavy atom. The predicted octanol–water partition coefficient (Wildman–Crippen LogP) is 0.937. The van der Waals surface area contributed by atoms with Gasteiger partial charge in [-0.15, -0.1) is 0 Å².